The zero-order valence-corrected chi connectivity index (χ0v) is 13.2. The van der Waals surface area contributed by atoms with Crippen molar-refractivity contribution in [1.82, 2.24) is 10.2 Å². The number of hydrogen-bond donors (Lipinski definition) is 1. The van der Waals surface area contributed by atoms with Gasteiger partial charge < -0.3 is 10.2 Å². The molecular formula is C16H23BrN2. The first-order chi connectivity index (χ1) is 9.22. The zero-order chi connectivity index (χ0) is 13.2. The lowest BCUT2D eigenvalue weighted by molar-refractivity contribution is 0.162. The van der Waals surface area contributed by atoms with E-state index < -0.39 is 0 Å². The molecule has 0 spiro atoms. The summed E-state index contributed by atoms with van der Waals surface area (Å²) in [4.78, 5) is 2.68. The molecule has 3 atom stereocenters. The fourth-order valence-electron chi connectivity index (χ4n) is 3.58. The normalized spacial score (nSPS) is 29.2. The Morgan fingerprint density at radius 1 is 1.21 bits per heavy atom. The van der Waals surface area contributed by atoms with Gasteiger partial charge in [-0.15, -0.1) is 0 Å². The molecule has 104 valence electrons. The van der Waals surface area contributed by atoms with Gasteiger partial charge in [0.15, 0.2) is 0 Å². The molecule has 3 heteroatoms. The highest BCUT2D eigenvalue weighted by Gasteiger charge is 2.31. The monoisotopic (exact) mass is 322 g/mol. The Bertz CT molecular complexity index is 417. The van der Waals surface area contributed by atoms with E-state index in [1.54, 1.807) is 0 Å². The van der Waals surface area contributed by atoms with E-state index in [1.165, 1.54) is 44.3 Å². The van der Waals surface area contributed by atoms with Gasteiger partial charge in [-0.1, -0.05) is 28.1 Å². The van der Waals surface area contributed by atoms with Gasteiger partial charge in [0, 0.05) is 22.6 Å². The first kappa shape index (κ1) is 13.6. The third kappa shape index (κ3) is 3.21. The Labute approximate surface area is 124 Å². The molecule has 2 saturated heterocycles. The molecule has 3 rings (SSSR count). The van der Waals surface area contributed by atoms with Crippen molar-refractivity contribution >= 4 is 15.9 Å². The van der Waals surface area contributed by atoms with Crippen LogP contribution in [0.2, 0.25) is 0 Å². The fraction of sp³-hybridized carbons (Fsp3) is 0.625. The van der Waals surface area contributed by atoms with Gasteiger partial charge in [-0.25, -0.2) is 0 Å². The standard InChI is InChI=1S/C16H23BrN2/c1-12(13-4-6-14(17)7-5-13)18-15-8-10-19-9-2-3-16(19)11-15/h4-7,12,15-16,18H,2-3,8-11H2,1H3/t12-,15?,16?/m1/s1. The second-order valence-electron chi connectivity index (χ2n) is 5.99. The van der Waals surface area contributed by atoms with Crippen LogP contribution < -0.4 is 5.32 Å². The summed E-state index contributed by atoms with van der Waals surface area (Å²) in [5.74, 6) is 0. The largest absolute Gasteiger partial charge is 0.307 e. The maximum atomic E-state index is 3.83. The molecule has 0 radical (unpaired) electrons. The second-order valence-corrected chi connectivity index (χ2v) is 6.91. The number of fused-ring (bicyclic) bond motifs is 1. The summed E-state index contributed by atoms with van der Waals surface area (Å²) in [6.07, 6.45) is 5.45. The maximum Gasteiger partial charge on any atom is 0.0294 e. The van der Waals surface area contributed by atoms with E-state index in [-0.39, 0.29) is 0 Å². The number of nitrogens with zero attached hydrogens (tertiary/aromatic N) is 1. The predicted octanol–water partition coefficient (Wildman–Crippen LogP) is 3.73. The molecule has 2 aliphatic rings. The molecule has 1 aromatic carbocycles. The van der Waals surface area contributed by atoms with Crippen molar-refractivity contribution in [3.05, 3.63) is 34.3 Å². The molecule has 0 saturated carbocycles. The first-order valence-electron chi connectivity index (χ1n) is 7.48. The molecule has 0 bridgehead atoms. The maximum absolute atomic E-state index is 3.83. The van der Waals surface area contributed by atoms with Crippen LogP contribution in [0.3, 0.4) is 0 Å². The van der Waals surface area contributed by atoms with Crippen molar-refractivity contribution in [1.29, 1.82) is 0 Å². The van der Waals surface area contributed by atoms with E-state index in [2.05, 4.69) is 57.3 Å². The lowest BCUT2D eigenvalue weighted by Crippen LogP contribution is -2.46. The number of hydrogen-bond acceptors (Lipinski definition) is 2. The van der Waals surface area contributed by atoms with Crippen molar-refractivity contribution in [3.63, 3.8) is 0 Å². The van der Waals surface area contributed by atoms with Crippen LogP contribution in [0.5, 0.6) is 0 Å². The van der Waals surface area contributed by atoms with Crippen molar-refractivity contribution in [3.8, 4) is 0 Å². The van der Waals surface area contributed by atoms with E-state index in [0.717, 1.165) is 10.5 Å². The van der Waals surface area contributed by atoms with Gasteiger partial charge in [-0.3, -0.25) is 0 Å². The topological polar surface area (TPSA) is 15.3 Å². The summed E-state index contributed by atoms with van der Waals surface area (Å²) < 4.78 is 1.16. The number of benzene rings is 1. The summed E-state index contributed by atoms with van der Waals surface area (Å²) in [6.45, 7) is 4.90. The lowest BCUT2D eigenvalue weighted by atomic mass is 9.96. The van der Waals surface area contributed by atoms with Crippen LogP contribution in [0, 0.1) is 0 Å². The molecule has 2 nitrogen and oxygen atoms in total. The molecule has 0 aliphatic carbocycles. The molecule has 2 heterocycles. The summed E-state index contributed by atoms with van der Waals surface area (Å²) in [7, 11) is 0. The third-order valence-corrected chi connectivity index (χ3v) is 5.20. The van der Waals surface area contributed by atoms with E-state index in [9.17, 15) is 0 Å². The van der Waals surface area contributed by atoms with Crippen LogP contribution in [-0.4, -0.2) is 30.1 Å². The second kappa shape index (κ2) is 5.94. The summed E-state index contributed by atoms with van der Waals surface area (Å²) in [5, 5.41) is 3.83. The predicted molar refractivity (Wildman–Crippen MR) is 83.3 cm³/mol. The molecule has 2 unspecified atom stereocenters. The minimum absolute atomic E-state index is 0.450. The molecule has 2 fully saturated rings. The average Bonchev–Trinajstić information content (AvgIpc) is 2.87. The number of rotatable bonds is 3. The Morgan fingerprint density at radius 3 is 2.79 bits per heavy atom. The summed E-state index contributed by atoms with van der Waals surface area (Å²) in [5.41, 5.74) is 1.39. The van der Waals surface area contributed by atoms with Crippen LogP contribution in [0.4, 0.5) is 0 Å². The third-order valence-electron chi connectivity index (χ3n) is 4.68. The SMILES string of the molecule is C[C@@H](NC1CCN2CCCC2C1)c1ccc(Br)cc1. The quantitative estimate of drug-likeness (QED) is 0.912. The Morgan fingerprint density at radius 2 is 2.00 bits per heavy atom. The molecule has 1 aromatic rings. The highest BCUT2D eigenvalue weighted by molar-refractivity contribution is 9.10. The Kier molecular flexibility index (Phi) is 4.25. The fourth-order valence-corrected chi connectivity index (χ4v) is 3.84. The zero-order valence-electron chi connectivity index (χ0n) is 11.6. The van der Waals surface area contributed by atoms with Crippen molar-refractivity contribution in [2.24, 2.45) is 0 Å². The first-order valence-corrected chi connectivity index (χ1v) is 8.27. The molecule has 2 aliphatic heterocycles. The minimum atomic E-state index is 0.450. The molecular weight excluding hydrogens is 300 g/mol. The van der Waals surface area contributed by atoms with E-state index >= 15 is 0 Å². The summed E-state index contributed by atoms with van der Waals surface area (Å²) in [6, 6.07) is 10.7. The smallest absolute Gasteiger partial charge is 0.0294 e. The van der Waals surface area contributed by atoms with Gasteiger partial charge in [0.25, 0.3) is 0 Å². The Hall–Kier alpha value is -0.380. The summed E-state index contributed by atoms with van der Waals surface area (Å²) >= 11 is 3.50. The van der Waals surface area contributed by atoms with E-state index in [4.69, 9.17) is 0 Å². The van der Waals surface area contributed by atoms with Gasteiger partial charge in [-0.05, 0) is 63.4 Å². The molecule has 1 N–H and O–H groups in total. The van der Waals surface area contributed by atoms with Crippen molar-refractivity contribution in [2.45, 2.75) is 50.7 Å². The van der Waals surface area contributed by atoms with Crippen LogP contribution in [0.1, 0.15) is 44.2 Å². The molecule has 0 aromatic heterocycles. The number of nitrogens with one attached hydrogen (secondary N) is 1. The van der Waals surface area contributed by atoms with Crippen molar-refractivity contribution in [2.75, 3.05) is 13.1 Å². The van der Waals surface area contributed by atoms with Gasteiger partial charge in [0.2, 0.25) is 0 Å². The van der Waals surface area contributed by atoms with Gasteiger partial charge in [-0.2, -0.15) is 0 Å². The molecule has 19 heavy (non-hydrogen) atoms. The van der Waals surface area contributed by atoms with Crippen LogP contribution in [0.25, 0.3) is 0 Å². The highest BCUT2D eigenvalue weighted by Crippen LogP contribution is 2.28. The van der Waals surface area contributed by atoms with E-state index in [1.807, 2.05) is 0 Å². The minimum Gasteiger partial charge on any atom is -0.307 e. The number of piperidine rings is 1. The van der Waals surface area contributed by atoms with E-state index in [0.29, 0.717) is 12.1 Å². The van der Waals surface area contributed by atoms with Gasteiger partial charge in [0.1, 0.15) is 0 Å². The number of halogens is 1. The average molecular weight is 323 g/mol. The highest BCUT2D eigenvalue weighted by atomic mass is 79.9. The molecule has 0 amide bonds. The van der Waals surface area contributed by atoms with Gasteiger partial charge in [0.05, 0.1) is 0 Å². The van der Waals surface area contributed by atoms with Gasteiger partial charge >= 0.3 is 0 Å². The van der Waals surface area contributed by atoms with Crippen LogP contribution in [-0.2, 0) is 0 Å². The Balaban J connectivity index is 1.57. The van der Waals surface area contributed by atoms with Crippen LogP contribution in [0.15, 0.2) is 28.7 Å². The lowest BCUT2D eigenvalue weighted by Gasteiger charge is -2.36. The van der Waals surface area contributed by atoms with Crippen molar-refractivity contribution < 1.29 is 0 Å². The van der Waals surface area contributed by atoms with Crippen LogP contribution >= 0.6 is 15.9 Å².